The minimum Gasteiger partial charge on any atom is -0.495 e. The summed E-state index contributed by atoms with van der Waals surface area (Å²) in [5, 5.41) is 0.626. The van der Waals surface area contributed by atoms with Crippen LogP contribution in [0.1, 0.15) is 38.8 Å². The maximum absolute atomic E-state index is 6.20. The zero-order valence-corrected chi connectivity index (χ0v) is 13.3. The van der Waals surface area contributed by atoms with E-state index in [2.05, 4.69) is 32.7 Å². The first-order valence-electron chi connectivity index (χ1n) is 6.63. The van der Waals surface area contributed by atoms with E-state index in [0.717, 1.165) is 12.0 Å². The van der Waals surface area contributed by atoms with Crippen LogP contribution in [0.3, 0.4) is 0 Å². The summed E-state index contributed by atoms with van der Waals surface area (Å²) in [6.45, 7) is 7.19. The largest absolute Gasteiger partial charge is 0.495 e. The lowest BCUT2D eigenvalue weighted by Crippen LogP contribution is -2.45. The van der Waals surface area contributed by atoms with Crippen molar-refractivity contribution in [3.63, 3.8) is 0 Å². The fourth-order valence-corrected chi connectivity index (χ4v) is 2.35. The number of benzene rings is 1. The lowest BCUT2D eigenvalue weighted by atomic mass is 9.95. The molecule has 2 N–H and O–H groups in total. The van der Waals surface area contributed by atoms with Gasteiger partial charge in [-0.05, 0) is 45.0 Å². The Balaban J connectivity index is 3.07. The van der Waals surface area contributed by atoms with Crippen molar-refractivity contribution >= 4 is 11.6 Å². The van der Waals surface area contributed by atoms with E-state index in [1.165, 1.54) is 0 Å². The molecule has 1 unspecified atom stereocenters. The molecule has 0 saturated carbocycles. The van der Waals surface area contributed by atoms with Gasteiger partial charge in [-0.3, -0.25) is 4.90 Å². The second kappa shape index (κ2) is 6.60. The lowest BCUT2D eigenvalue weighted by molar-refractivity contribution is 0.100. The number of methoxy groups -OCH3 is 1. The van der Waals surface area contributed by atoms with Crippen LogP contribution in [0.25, 0.3) is 0 Å². The van der Waals surface area contributed by atoms with Crippen LogP contribution < -0.4 is 10.5 Å². The normalized spacial score (nSPS) is 13.7. The van der Waals surface area contributed by atoms with E-state index in [9.17, 15) is 0 Å². The van der Waals surface area contributed by atoms with Crippen molar-refractivity contribution in [3.8, 4) is 5.75 Å². The van der Waals surface area contributed by atoms with Gasteiger partial charge in [0.1, 0.15) is 5.75 Å². The van der Waals surface area contributed by atoms with Crippen LogP contribution in [0.5, 0.6) is 5.75 Å². The summed E-state index contributed by atoms with van der Waals surface area (Å²) in [6, 6.07) is 6.02. The molecule has 0 spiro atoms. The first-order chi connectivity index (χ1) is 8.87. The van der Waals surface area contributed by atoms with Crippen LogP contribution in [0.15, 0.2) is 18.2 Å². The molecule has 0 radical (unpaired) electrons. The van der Waals surface area contributed by atoms with E-state index in [1.54, 1.807) is 7.11 Å². The average Bonchev–Trinajstić information content (AvgIpc) is 2.39. The SMILES string of the molecule is CCC(C)(C)N(C)C(CN)c1ccc(OC)c(Cl)c1. The molecule has 0 aliphatic rings. The Morgan fingerprint density at radius 2 is 2.05 bits per heavy atom. The van der Waals surface area contributed by atoms with Crippen molar-refractivity contribution in [1.29, 1.82) is 0 Å². The number of likely N-dealkylation sites (N-methyl/N-ethyl adjacent to an activating group) is 1. The monoisotopic (exact) mass is 284 g/mol. The predicted octanol–water partition coefficient (Wildman–Crippen LogP) is 3.47. The zero-order valence-electron chi connectivity index (χ0n) is 12.5. The van der Waals surface area contributed by atoms with Gasteiger partial charge in [0.05, 0.1) is 12.1 Å². The molecule has 4 heteroatoms. The highest BCUT2D eigenvalue weighted by molar-refractivity contribution is 6.32. The van der Waals surface area contributed by atoms with Crippen molar-refractivity contribution < 1.29 is 4.74 Å². The Hall–Kier alpha value is -0.770. The molecule has 0 aliphatic heterocycles. The van der Waals surface area contributed by atoms with Crippen LogP contribution in [-0.2, 0) is 0 Å². The van der Waals surface area contributed by atoms with E-state index in [0.29, 0.717) is 17.3 Å². The van der Waals surface area contributed by atoms with Crippen LogP contribution in [-0.4, -0.2) is 31.1 Å². The van der Waals surface area contributed by atoms with Gasteiger partial charge in [-0.2, -0.15) is 0 Å². The maximum Gasteiger partial charge on any atom is 0.137 e. The van der Waals surface area contributed by atoms with Crippen molar-refractivity contribution in [2.24, 2.45) is 5.73 Å². The molecule has 0 aliphatic carbocycles. The third-order valence-corrected chi connectivity index (χ3v) is 4.37. The predicted molar refractivity (Wildman–Crippen MR) is 81.9 cm³/mol. The minimum absolute atomic E-state index is 0.0937. The van der Waals surface area contributed by atoms with E-state index in [4.69, 9.17) is 22.1 Å². The highest BCUT2D eigenvalue weighted by atomic mass is 35.5. The number of rotatable bonds is 6. The second-order valence-corrected chi connectivity index (χ2v) is 5.83. The maximum atomic E-state index is 6.20. The van der Waals surface area contributed by atoms with Crippen LogP contribution >= 0.6 is 11.6 Å². The zero-order chi connectivity index (χ0) is 14.6. The molecule has 3 nitrogen and oxygen atoms in total. The van der Waals surface area contributed by atoms with Gasteiger partial charge >= 0.3 is 0 Å². The third kappa shape index (κ3) is 3.62. The van der Waals surface area contributed by atoms with E-state index in [1.807, 2.05) is 18.2 Å². The summed E-state index contributed by atoms with van der Waals surface area (Å²) in [7, 11) is 3.73. The molecule has 0 amide bonds. The summed E-state index contributed by atoms with van der Waals surface area (Å²) in [4.78, 5) is 2.31. The molecule has 0 bridgehead atoms. The van der Waals surface area contributed by atoms with Crippen molar-refractivity contribution in [2.75, 3.05) is 20.7 Å². The summed E-state index contributed by atoms with van der Waals surface area (Å²) >= 11 is 6.20. The second-order valence-electron chi connectivity index (χ2n) is 5.42. The van der Waals surface area contributed by atoms with Crippen LogP contribution in [0, 0.1) is 0 Å². The Morgan fingerprint density at radius 3 is 2.47 bits per heavy atom. The van der Waals surface area contributed by atoms with E-state index >= 15 is 0 Å². The highest BCUT2D eigenvalue weighted by Gasteiger charge is 2.28. The van der Waals surface area contributed by atoms with Crippen molar-refractivity contribution in [2.45, 2.75) is 38.8 Å². The quantitative estimate of drug-likeness (QED) is 0.869. The van der Waals surface area contributed by atoms with Gasteiger partial charge in [-0.15, -0.1) is 0 Å². The highest BCUT2D eigenvalue weighted by Crippen LogP contribution is 2.32. The smallest absolute Gasteiger partial charge is 0.137 e. The van der Waals surface area contributed by atoms with Crippen molar-refractivity contribution in [3.05, 3.63) is 28.8 Å². The number of halogens is 1. The summed E-state index contributed by atoms with van der Waals surface area (Å²) in [5.41, 5.74) is 7.18. The van der Waals surface area contributed by atoms with Crippen LogP contribution in [0.4, 0.5) is 0 Å². The molecule has 1 aromatic rings. The Kier molecular flexibility index (Phi) is 5.65. The topological polar surface area (TPSA) is 38.5 Å². The number of hydrogen-bond acceptors (Lipinski definition) is 3. The molecule has 0 saturated heterocycles. The summed E-state index contributed by atoms with van der Waals surface area (Å²) < 4.78 is 5.19. The van der Waals surface area contributed by atoms with Gasteiger partial charge in [-0.1, -0.05) is 24.6 Å². The summed E-state index contributed by atoms with van der Waals surface area (Å²) in [6.07, 6.45) is 1.06. The lowest BCUT2D eigenvalue weighted by Gasteiger charge is -2.40. The van der Waals surface area contributed by atoms with Gasteiger partial charge in [0.2, 0.25) is 0 Å². The molecule has 1 rings (SSSR count). The fraction of sp³-hybridized carbons (Fsp3) is 0.600. The molecular weight excluding hydrogens is 260 g/mol. The first kappa shape index (κ1) is 16.3. The molecule has 1 atom stereocenters. The average molecular weight is 285 g/mol. The van der Waals surface area contributed by atoms with Crippen LogP contribution in [0.2, 0.25) is 5.02 Å². The number of ether oxygens (including phenoxy) is 1. The van der Waals surface area contributed by atoms with Gasteiger partial charge in [-0.25, -0.2) is 0 Å². The number of nitrogens with two attached hydrogens (primary N) is 1. The molecule has 0 heterocycles. The Morgan fingerprint density at radius 1 is 1.42 bits per heavy atom. The first-order valence-corrected chi connectivity index (χ1v) is 7.01. The number of hydrogen-bond donors (Lipinski definition) is 1. The Labute approximate surface area is 121 Å². The Bertz CT molecular complexity index is 421. The molecule has 1 aromatic carbocycles. The minimum atomic E-state index is 0.0937. The molecule has 0 fully saturated rings. The van der Waals surface area contributed by atoms with Gasteiger partial charge in [0.25, 0.3) is 0 Å². The van der Waals surface area contributed by atoms with E-state index < -0.39 is 0 Å². The van der Waals surface area contributed by atoms with Crippen molar-refractivity contribution in [1.82, 2.24) is 4.90 Å². The molecule has 19 heavy (non-hydrogen) atoms. The van der Waals surface area contributed by atoms with Gasteiger partial charge in [0.15, 0.2) is 0 Å². The third-order valence-electron chi connectivity index (χ3n) is 4.07. The van der Waals surface area contributed by atoms with Gasteiger partial charge < -0.3 is 10.5 Å². The summed E-state index contributed by atoms with van der Waals surface area (Å²) in [5.74, 6) is 0.693. The number of nitrogens with zero attached hydrogens (tertiary/aromatic N) is 1. The molecule has 0 aromatic heterocycles. The molecular formula is C15H25ClN2O. The standard InChI is InChI=1S/C15H25ClN2O/c1-6-15(2,3)18(4)13(10-17)11-7-8-14(19-5)12(16)9-11/h7-9,13H,6,10,17H2,1-5H3. The molecule has 108 valence electrons. The fourth-order valence-electron chi connectivity index (χ4n) is 2.08. The van der Waals surface area contributed by atoms with E-state index in [-0.39, 0.29) is 11.6 Å². The van der Waals surface area contributed by atoms with Gasteiger partial charge in [0, 0.05) is 18.1 Å².